The van der Waals surface area contributed by atoms with E-state index in [1.165, 1.54) is 45.8 Å². The molecule has 4 heteroatoms. The van der Waals surface area contributed by atoms with Gasteiger partial charge in [0.25, 0.3) is 0 Å². The molecule has 0 radical (unpaired) electrons. The maximum absolute atomic E-state index is 5.09. The lowest BCUT2D eigenvalue weighted by molar-refractivity contribution is 0.332. The number of para-hydroxylation sites is 1. The summed E-state index contributed by atoms with van der Waals surface area (Å²) < 4.78 is 2.43. The Morgan fingerprint density at radius 3 is 1.78 bits per heavy atom. The molecule has 9 rings (SSSR count). The Morgan fingerprint density at radius 2 is 1.04 bits per heavy atom. The molecule has 2 aromatic heterocycles. The number of aromatic nitrogens is 4. The van der Waals surface area contributed by atoms with E-state index in [0.29, 0.717) is 17.5 Å². The molecule has 238 valence electrons. The van der Waals surface area contributed by atoms with Crippen LogP contribution in [0.25, 0.3) is 72.4 Å². The lowest BCUT2D eigenvalue weighted by atomic mass is 9.63. The molecule has 4 nitrogen and oxygen atoms in total. The van der Waals surface area contributed by atoms with Crippen molar-refractivity contribution in [3.8, 4) is 39.9 Å². The molecule has 0 unspecified atom stereocenters. The Balaban J connectivity index is 1.21. The zero-order valence-electron chi connectivity index (χ0n) is 28.4. The van der Waals surface area contributed by atoms with Crippen molar-refractivity contribution in [2.24, 2.45) is 0 Å². The molecule has 0 spiro atoms. The minimum absolute atomic E-state index is 0.126. The van der Waals surface area contributed by atoms with Crippen LogP contribution in [0.4, 0.5) is 0 Å². The van der Waals surface area contributed by atoms with Gasteiger partial charge >= 0.3 is 0 Å². The van der Waals surface area contributed by atoms with Crippen LogP contribution in [-0.2, 0) is 10.8 Å². The van der Waals surface area contributed by atoms with Gasteiger partial charge in [0.1, 0.15) is 0 Å². The van der Waals surface area contributed by atoms with Crippen LogP contribution in [0.2, 0.25) is 0 Å². The van der Waals surface area contributed by atoms with E-state index < -0.39 is 0 Å². The minimum atomic E-state index is 0.126. The topological polar surface area (TPSA) is 43.6 Å². The van der Waals surface area contributed by atoms with Crippen molar-refractivity contribution in [1.82, 2.24) is 19.5 Å². The molecule has 0 saturated carbocycles. The van der Waals surface area contributed by atoms with Crippen molar-refractivity contribution in [2.45, 2.75) is 51.4 Å². The van der Waals surface area contributed by atoms with E-state index in [4.69, 9.17) is 15.0 Å². The van der Waals surface area contributed by atoms with Crippen LogP contribution < -0.4 is 0 Å². The minimum Gasteiger partial charge on any atom is -0.309 e. The summed E-state index contributed by atoms with van der Waals surface area (Å²) in [6, 6.07) is 47.4. The molecule has 6 aromatic carbocycles. The maximum Gasteiger partial charge on any atom is 0.164 e. The van der Waals surface area contributed by atoms with Crippen LogP contribution in [0.5, 0.6) is 0 Å². The number of rotatable bonds is 4. The first-order valence-corrected chi connectivity index (χ1v) is 17.3. The average Bonchev–Trinajstić information content (AvgIpc) is 3.47. The zero-order chi connectivity index (χ0) is 33.3. The smallest absolute Gasteiger partial charge is 0.164 e. The fraction of sp³-hybridized carbons (Fsp3) is 0.178. The van der Waals surface area contributed by atoms with Crippen LogP contribution >= 0.6 is 0 Å². The van der Waals surface area contributed by atoms with E-state index in [2.05, 4.69) is 148 Å². The van der Waals surface area contributed by atoms with E-state index in [1.807, 2.05) is 18.2 Å². The predicted molar refractivity (Wildman–Crippen MR) is 203 cm³/mol. The predicted octanol–water partition coefficient (Wildman–Crippen LogP) is 11.5. The molecule has 0 aliphatic heterocycles. The number of nitrogens with zero attached hydrogens (tertiary/aromatic N) is 4. The number of hydrogen-bond acceptors (Lipinski definition) is 3. The molecule has 0 atom stereocenters. The first kappa shape index (κ1) is 29.5. The molecule has 1 aliphatic rings. The first-order valence-electron chi connectivity index (χ1n) is 17.3. The summed E-state index contributed by atoms with van der Waals surface area (Å²) in [7, 11) is 0. The Kier molecular flexibility index (Phi) is 6.61. The quantitative estimate of drug-likeness (QED) is 0.193. The summed E-state index contributed by atoms with van der Waals surface area (Å²) in [5.74, 6) is 1.99. The standard InChI is InChI=1S/C45H38N4/c1-44(2)25-26-45(3,4)38-28-40-36(27-37(38)44)34-18-10-11-20-39(34)49(40)32-23-21-31(22-24-32)42-46-41(30-14-6-5-7-15-30)47-43(48-42)35-19-12-16-29-13-8-9-17-33(29)35/h5-24,27-28H,25-26H2,1-4H3. The third-order valence-corrected chi connectivity index (χ3v) is 10.7. The zero-order valence-corrected chi connectivity index (χ0v) is 28.4. The van der Waals surface area contributed by atoms with Crippen LogP contribution in [0, 0.1) is 0 Å². The summed E-state index contributed by atoms with van der Waals surface area (Å²) in [6.45, 7) is 9.61. The van der Waals surface area contributed by atoms with Gasteiger partial charge in [0.2, 0.25) is 0 Å². The second kappa shape index (κ2) is 11.0. The molecule has 0 saturated heterocycles. The fourth-order valence-electron chi connectivity index (χ4n) is 7.83. The molecule has 0 fully saturated rings. The molecule has 0 N–H and O–H groups in total. The highest BCUT2D eigenvalue weighted by Gasteiger charge is 2.37. The van der Waals surface area contributed by atoms with E-state index in [1.54, 1.807) is 0 Å². The van der Waals surface area contributed by atoms with Gasteiger partial charge in [0.05, 0.1) is 11.0 Å². The van der Waals surface area contributed by atoms with Crippen LogP contribution in [0.1, 0.15) is 51.7 Å². The number of hydrogen-bond donors (Lipinski definition) is 0. The Morgan fingerprint density at radius 1 is 0.469 bits per heavy atom. The highest BCUT2D eigenvalue weighted by Crippen LogP contribution is 2.48. The summed E-state index contributed by atoms with van der Waals surface area (Å²) in [5, 5.41) is 4.88. The van der Waals surface area contributed by atoms with Crippen molar-refractivity contribution in [3.63, 3.8) is 0 Å². The average molecular weight is 635 g/mol. The van der Waals surface area contributed by atoms with Gasteiger partial charge in [-0.2, -0.15) is 0 Å². The second-order valence-corrected chi connectivity index (χ2v) is 14.8. The maximum atomic E-state index is 5.09. The van der Waals surface area contributed by atoms with E-state index >= 15 is 0 Å². The van der Waals surface area contributed by atoms with Crippen molar-refractivity contribution in [3.05, 3.63) is 145 Å². The second-order valence-electron chi connectivity index (χ2n) is 14.8. The molecular formula is C45H38N4. The van der Waals surface area contributed by atoms with Gasteiger partial charge in [-0.15, -0.1) is 0 Å². The molecule has 49 heavy (non-hydrogen) atoms. The molecule has 0 amide bonds. The Labute approximate surface area is 287 Å². The van der Waals surface area contributed by atoms with Gasteiger partial charge < -0.3 is 4.57 Å². The van der Waals surface area contributed by atoms with Crippen LogP contribution in [0.15, 0.2) is 133 Å². The van der Waals surface area contributed by atoms with E-state index in [-0.39, 0.29) is 10.8 Å². The van der Waals surface area contributed by atoms with Crippen LogP contribution in [0.3, 0.4) is 0 Å². The Hall–Kier alpha value is -5.61. The van der Waals surface area contributed by atoms with Crippen LogP contribution in [-0.4, -0.2) is 19.5 Å². The van der Waals surface area contributed by atoms with Gasteiger partial charge in [-0.1, -0.05) is 119 Å². The van der Waals surface area contributed by atoms with Gasteiger partial charge in [0.15, 0.2) is 17.5 Å². The first-order chi connectivity index (χ1) is 23.8. The third-order valence-electron chi connectivity index (χ3n) is 10.7. The largest absolute Gasteiger partial charge is 0.309 e. The lowest BCUT2D eigenvalue weighted by Gasteiger charge is -2.42. The van der Waals surface area contributed by atoms with Crippen molar-refractivity contribution in [1.29, 1.82) is 0 Å². The molecule has 8 aromatic rings. The van der Waals surface area contributed by atoms with Crippen molar-refractivity contribution < 1.29 is 0 Å². The van der Waals surface area contributed by atoms with Gasteiger partial charge in [0, 0.05) is 33.2 Å². The summed E-state index contributed by atoms with van der Waals surface area (Å²) in [4.78, 5) is 15.1. The lowest BCUT2D eigenvalue weighted by Crippen LogP contribution is -2.33. The number of benzene rings is 6. The summed E-state index contributed by atoms with van der Waals surface area (Å²) in [6.07, 6.45) is 2.38. The van der Waals surface area contributed by atoms with E-state index in [0.717, 1.165) is 33.2 Å². The SMILES string of the molecule is CC1(C)CCC(C)(C)c2cc3c(cc21)c1ccccc1n3-c1ccc(-c2nc(-c3ccccc3)nc(-c3cccc4ccccc34)n2)cc1. The molecule has 2 heterocycles. The monoisotopic (exact) mass is 634 g/mol. The fourth-order valence-corrected chi connectivity index (χ4v) is 7.83. The molecule has 1 aliphatic carbocycles. The summed E-state index contributed by atoms with van der Waals surface area (Å²) in [5.41, 5.74) is 9.73. The van der Waals surface area contributed by atoms with E-state index in [9.17, 15) is 0 Å². The van der Waals surface area contributed by atoms with Gasteiger partial charge in [-0.25, -0.2) is 15.0 Å². The Bertz CT molecular complexity index is 2530. The van der Waals surface area contributed by atoms with Crippen molar-refractivity contribution in [2.75, 3.05) is 0 Å². The summed E-state index contributed by atoms with van der Waals surface area (Å²) >= 11 is 0. The normalized spacial score (nSPS) is 15.1. The van der Waals surface area contributed by atoms with Gasteiger partial charge in [-0.3, -0.25) is 0 Å². The number of fused-ring (bicyclic) bond motifs is 5. The molecular weight excluding hydrogens is 597 g/mol. The van der Waals surface area contributed by atoms with Crippen molar-refractivity contribution >= 4 is 32.6 Å². The third kappa shape index (κ3) is 4.85. The highest BCUT2D eigenvalue weighted by atomic mass is 15.0. The van der Waals surface area contributed by atoms with Gasteiger partial charge in [-0.05, 0) is 88.0 Å². The highest BCUT2D eigenvalue weighted by molar-refractivity contribution is 6.10. The molecule has 0 bridgehead atoms.